The van der Waals surface area contributed by atoms with Crippen LogP contribution in [0.15, 0.2) is 53.4 Å². The van der Waals surface area contributed by atoms with E-state index in [1.165, 1.54) is 11.4 Å². The summed E-state index contributed by atoms with van der Waals surface area (Å²) in [5.74, 6) is 0. The maximum Gasteiger partial charge on any atom is 0.264 e. The van der Waals surface area contributed by atoms with Gasteiger partial charge in [-0.1, -0.05) is 35.9 Å². The zero-order valence-corrected chi connectivity index (χ0v) is 12.2. The molecule has 0 saturated carbocycles. The van der Waals surface area contributed by atoms with Gasteiger partial charge >= 0.3 is 0 Å². The molecule has 0 fully saturated rings. The lowest BCUT2D eigenvalue weighted by molar-refractivity contribution is 0.594. The van der Waals surface area contributed by atoms with Crippen molar-refractivity contribution in [3.63, 3.8) is 0 Å². The Bertz CT molecular complexity index is 684. The molecule has 100 valence electrons. The van der Waals surface area contributed by atoms with Crippen molar-refractivity contribution in [3.05, 3.63) is 59.1 Å². The summed E-state index contributed by atoms with van der Waals surface area (Å²) in [4.78, 5) is 0.261. The highest BCUT2D eigenvalue weighted by Crippen LogP contribution is 2.29. The summed E-state index contributed by atoms with van der Waals surface area (Å²) in [5, 5.41) is 0.549. The third-order valence-corrected chi connectivity index (χ3v) is 5.18. The molecule has 0 unspecified atom stereocenters. The van der Waals surface area contributed by atoms with E-state index in [0.29, 0.717) is 10.7 Å². The highest BCUT2D eigenvalue weighted by molar-refractivity contribution is 7.92. The Morgan fingerprint density at radius 3 is 2.26 bits per heavy atom. The molecule has 19 heavy (non-hydrogen) atoms. The number of sulfonamides is 1. The minimum absolute atomic E-state index is 0.261. The zero-order valence-electron chi connectivity index (χ0n) is 10.7. The van der Waals surface area contributed by atoms with E-state index in [0.717, 1.165) is 5.56 Å². The lowest BCUT2D eigenvalue weighted by atomic mass is 10.2. The predicted octanol–water partition coefficient (Wildman–Crippen LogP) is 3.47. The number of hydrogen-bond donors (Lipinski definition) is 0. The van der Waals surface area contributed by atoms with Crippen LogP contribution in [0.5, 0.6) is 0 Å². The van der Waals surface area contributed by atoms with Crippen LogP contribution in [0.1, 0.15) is 5.56 Å². The summed E-state index contributed by atoms with van der Waals surface area (Å²) in [6, 6.07) is 13.5. The second kappa shape index (κ2) is 5.23. The third-order valence-electron chi connectivity index (χ3n) is 2.98. The summed E-state index contributed by atoms with van der Waals surface area (Å²) >= 11 is 6.03. The first-order valence-electron chi connectivity index (χ1n) is 5.73. The van der Waals surface area contributed by atoms with Gasteiger partial charge in [0.25, 0.3) is 10.0 Å². The second-order valence-corrected chi connectivity index (χ2v) is 6.55. The fourth-order valence-corrected chi connectivity index (χ4v) is 3.26. The lowest BCUT2D eigenvalue weighted by Crippen LogP contribution is -2.27. The first-order valence-corrected chi connectivity index (χ1v) is 7.55. The quantitative estimate of drug-likeness (QED) is 0.869. The van der Waals surface area contributed by atoms with E-state index >= 15 is 0 Å². The molecule has 3 nitrogen and oxygen atoms in total. The van der Waals surface area contributed by atoms with Gasteiger partial charge in [0.05, 0.1) is 10.6 Å². The average molecular weight is 296 g/mol. The monoisotopic (exact) mass is 295 g/mol. The molecule has 0 bridgehead atoms. The van der Waals surface area contributed by atoms with Crippen molar-refractivity contribution in [3.8, 4) is 0 Å². The Hall–Kier alpha value is -1.52. The van der Waals surface area contributed by atoms with Gasteiger partial charge in [-0.2, -0.15) is 0 Å². The van der Waals surface area contributed by atoms with E-state index in [2.05, 4.69) is 0 Å². The molecule has 2 aromatic rings. The molecule has 0 N–H and O–H groups in total. The van der Waals surface area contributed by atoms with Gasteiger partial charge in [-0.25, -0.2) is 8.42 Å². The molecule has 0 spiro atoms. The number of anilines is 1. The third kappa shape index (κ3) is 2.60. The molecule has 0 aliphatic rings. The maximum absolute atomic E-state index is 12.5. The summed E-state index contributed by atoms with van der Waals surface area (Å²) in [6.07, 6.45) is 0. The van der Waals surface area contributed by atoms with Crippen molar-refractivity contribution in [2.75, 3.05) is 11.4 Å². The van der Waals surface area contributed by atoms with Crippen molar-refractivity contribution >= 4 is 27.3 Å². The van der Waals surface area contributed by atoms with Crippen molar-refractivity contribution in [1.82, 2.24) is 0 Å². The van der Waals surface area contributed by atoms with Crippen LogP contribution in [0.25, 0.3) is 0 Å². The maximum atomic E-state index is 12.5. The van der Waals surface area contributed by atoms with Gasteiger partial charge in [0.2, 0.25) is 0 Å². The van der Waals surface area contributed by atoms with E-state index in [4.69, 9.17) is 11.6 Å². The van der Waals surface area contributed by atoms with Crippen molar-refractivity contribution in [1.29, 1.82) is 0 Å². The van der Waals surface area contributed by atoms with Crippen LogP contribution in [-0.4, -0.2) is 15.5 Å². The molecule has 2 aromatic carbocycles. The summed E-state index contributed by atoms with van der Waals surface area (Å²) in [6.45, 7) is 1.80. The van der Waals surface area contributed by atoms with Crippen LogP contribution in [0, 0.1) is 6.92 Å². The normalized spacial score (nSPS) is 11.3. The minimum Gasteiger partial charge on any atom is -0.269 e. The van der Waals surface area contributed by atoms with Gasteiger partial charge in [0.1, 0.15) is 0 Å². The molecule has 0 amide bonds. The van der Waals surface area contributed by atoms with Gasteiger partial charge < -0.3 is 0 Å². The zero-order chi connectivity index (χ0) is 14.0. The average Bonchev–Trinajstić information content (AvgIpc) is 2.42. The number of nitrogens with zero attached hydrogens (tertiary/aromatic N) is 1. The first-order chi connectivity index (χ1) is 8.94. The fraction of sp³-hybridized carbons (Fsp3) is 0.143. The predicted molar refractivity (Wildman–Crippen MR) is 78.2 cm³/mol. The first kappa shape index (κ1) is 13.9. The molecule has 0 aliphatic carbocycles. The van der Waals surface area contributed by atoms with Crippen LogP contribution < -0.4 is 4.31 Å². The molecule has 0 saturated heterocycles. The molecular formula is C14H14ClNO2S. The Balaban J connectivity index is 2.50. The summed E-state index contributed by atoms with van der Waals surface area (Å²) in [5.41, 5.74) is 1.32. The van der Waals surface area contributed by atoms with Crippen molar-refractivity contribution in [2.24, 2.45) is 0 Å². The molecule has 0 atom stereocenters. The summed E-state index contributed by atoms with van der Waals surface area (Å²) < 4.78 is 26.2. The molecule has 0 aromatic heterocycles. The van der Waals surface area contributed by atoms with Gasteiger partial charge in [-0.3, -0.25) is 4.31 Å². The molecular weight excluding hydrogens is 282 g/mol. The molecule has 0 heterocycles. The second-order valence-electron chi connectivity index (χ2n) is 4.17. The Morgan fingerprint density at radius 2 is 1.63 bits per heavy atom. The van der Waals surface area contributed by atoms with Crippen LogP contribution in [0.3, 0.4) is 0 Å². The smallest absolute Gasteiger partial charge is 0.264 e. The standard InChI is InChI=1S/C14H14ClNO2S/c1-11-13(15)9-6-10-14(11)16(2)19(17,18)12-7-4-3-5-8-12/h3-10H,1-2H3. The van der Waals surface area contributed by atoms with E-state index in [-0.39, 0.29) is 4.90 Å². The van der Waals surface area contributed by atoms with Gasteiger partial charge in [0.15, 0.2) is 0 Å². The summed E-state index contributed by atoms with van der Waals surface area (Å²) in [7, 11) is -2.03. The minimum atomic E-state index is -3.56. The van der Waals surface area contributed by atoms with Gasteiger partial charge in [0, 0.05) is 12.1 Å². The topological polar surface area (TPSA) is 37.4 Å². The molecule has 2 rings (SSSR count). The van der Waals surface area contributed by atoms with Crippen LogP contribution in [-0.2, 0) is 10.0 Å². The Labute approximate surface area is 118 Å². The lowest BCUT2D eigenvalue weighted by Gasteiger charge is -2.21. The highest BCUT2D eigenvalue weighted by Gasteiger charge is 2.22. The van der Waals surface area contributed by atoms with Crippen LogP contribution in [0.2, 0.25) is 5.02 Å². The largest absolute Gasteiger partial charge is 0.269 e. The number of rotatable bonds is 3. The highest BCUT2D eigenvalue weighted by atomic mass is 35.5. The Kier molecular flexibility index (Phi) is 3.83. The number of benzene rings is 2. The molecule has 0 radical (unpaired) electrons. The van der Waals surface area contributed by atoms with E-state index in [1.807, 2.05) is 0 Å². The van der Waals surface area contributed by atoms with Gasteiger partial charge in [-0.15, -0.1) is 0 Å². The van der Waals surface area contributed by atoms with Crippen LogP contribution in [0.4, 0.5) is 5.69 Å². The van der Waals surface area contributed by atoms with E-state index < -0.39 is 10.0 Å². The van der Waals surface area contributed by atoms with Crippen molar-refractivity contribution in [2.45, 2.75) is 11.8 Å². The number of halogens is 1. The van der Waals surface area contributed by atoms with Crippen molar-refractivity contribution < 1.29 is 8.42 Å². The fourth-order valence-electron chi connectivity index (χ4n) is 1.82. The van der Waals surface area contributed by atoms with Crippen LogP contribution >= 0.6 is 11.6 Å². The SMILES string of the molecule is Cc1c(Cl)cccc1N(C)S(=O)(=O)c1ccccc1. The van der Waals surface area contributed by atoms with E-state index in [1.54, 1.807) is 55.5 Å². The Morgan fingerprint density at radius 1 is 1.00 bits per heavy atom. The van der Waals surface area contributed by atoms with E-state index in [9.17, 15) is 8.42 Å². The van der Waals surface area contributed by atoms with Gasteiger partial charge in [-0.05, 0) is 36.8 Å². The number of hydrogen-bond acceptors (Lipinski definition) is 2. The molecule has 0 aliphatic heterocycles. The molecule has 5 heteroatoms.